The summed E-state index contributed by atoms with van der Waals surface area (Å²) in [6.45, 7) is 5.65. The lowest BCUT2D eigenvalue weighted by Gasteiger charge is -2.16. The van der Waals surface area contributed by atoms with Crippen LogP contribution in [-0.4, -0.2) is 22.3 Å². The van der Waals surface area contributed by atoms with Crippen LogP contribution in [0, 0.1) is 11.6 Å². The largest absolute Gasteiger partial charge is 0.417 e. The van der Waals surface area contributed by atoms with Crippen molar-refractivity contribution in [2.45, 2.75) is 32.6 Å². The lowest BCUT2D eigenvalue weighted by atomic mass is 10.1. The minimum absolute atomic E-state index is 0.0759. The topological polar surface area (TPSA) is 112 Å². The summed E-state index contributed by atoms with van der Waals surface area (Å²) in [6, 6.07) is 3.82. The van der Waals surface area contributed by atoms with Crippen molar-refractivity contribution in [2.24, 2.45) is 0 Å². The highest BCUT2D eigenvalue weighted by atomic mass is 32.2. The Hall–Kier alpha value is -3.34. The highest BCUT2D eigenvalue weighted by Crippen LogP contribution is 2.38. The Bertz CT molecular complexity index is 1030. The summed E-state index contributed by atoms with van der Waals surface area (Å²) in [5, 5.41) is 2.24. The van der Waals surface area contributed by atoms with Gasteiger partial charge < -0.3 is 24.9 Å². The van der Waals surface area contributed by atoms with Crippen molar-refractivity contribution >= 4 is 23.7 Å². The first-order valence-corrected chi connectivity index (χ1v) is 11.0. The molecule has 1 unspecified atom stereocenters. The van der Waals surface area contributed by atoms with Crippen LogP contribution >= 0.6 is 11.8 Å². The van der Waals surface area contributed by atoms with Gasteiger partial charge in [-0.25, -0.2) is 18.6 Å². The molecule has 3 aromatic rings. The fourth-order valence-corrected chi connectivity index (χ4v) is 2.90. The summed E-state index contributed by atoms with van der Waals surface area (Å²) in [5.74, 6) is -1.83. The lowest BCUT2D eigenvalue weighted by Crippen LogP contribution is -2.27. The Balaban J connectivity index is 0.00000176. The average molecular weight is 467 g/mol. The van der Waals surface area contributed by atoms with E-state index in [4.69, 9.17) is 19.6 Å². The van der Waals surface area contributed by atoms with Crippen LogP contribution < -0.4 is 20.5 Å². The molecule has 0 aliphatic rings. The summed E-state index contributed by atoms with van der Waals surface area (Å²) in [7, 11) is 0. The monoisotopic (exact) mass is 466 g/mol. The summed E-state index contributed by atoms with van der Waals surface area (Å²) in [5.41, 5.74) is 5.99. The molecule has 0 spiro atoms. The number of halogens is 2. The molecule has 0 radical (unpaired) electrons. The van der Waals surface area contributed by atoms with Gasteiger partial charge in [-0.05, 0) is 25.3 Å². The van der Waals surface area contributed by atoms with Gasteiger partial charge >= 0.3 is 12.2 Å². The van der Waals surface area contributed by atoms with E-state index < -0.39 is 17.7 Å². The fourth-order valence-electron chi connectivity index (χ4n) is 2.46. The van der Waals surface area contributed by atoms with Gasteiger partial charge in [-0.3, -0.25) is 0 Å². The summed E-state index contributed by atoms with van der Waals surface area (Å²) < 4.78 is 44.0. The number of ether oxygens (including phenoxy) is 2. The van der Waals surface area contributed by atoms with E-state index >= 15 is 0 Å². The molecule has 172 valence electrons. The molecule has 8 nitrogen and oxygen atoms in total. The molecule has 0 bridgehead atoms. The minimum Gasteiger partial charge on any atom is -0.417 e. The van der Waals surface area contributed by atoms with E-state index in [1.165, 1.54) is 48.6 Å². The number of rotatable bonds is 7. The minimum atomic E-state index is -0.868. The normalized spacial score (nSPS) is 11.2. The molecular weight excluding hydrogens is 442 g/mol. The van der Waals surface area contributed by atoms with Crippen molar-refractivity contribution in [3.8, 4) is 17.6 Å². The second-order valence-corrected chi connectivity index (χ2v) is 7.19. The zero-order valence-corrected chi connectivity index (χ0v) is 18.8. The summed E-state index contributed by atoms with van der Waals surface area (Å²) in [6.07, 6.45) is 4.74. The molecule has 11 heteroatoms. The Morgan fingerprint density at radius 3 is 2.66 bits per heavy atom. The van der Waals surface area contributed by atoms with Crippen LogP contribution in [0.4, 0.5) is 19.4 Å². The van der Waals surface area contributed by atoms with Crippen LogP contribution in [0.5, 0.6) is 17.6 Å². The number of anilines is 1. The maximum atomic E-state index is 14.5. The molecule has 32 heavy (non-hydrogen) atoms. The summed E-state index contributed by atoms with van der Waals surface area (Å²) in [4.78, 5) is 19.7. The number of hydrogen-bond acceptors (Lipinski definition) is 8. The molecule has 0 saturated heterocycles. The molecule has 3 N–H and O–H groups in total. The first-order chi connectivity index (χ1) is 15.4. The second-order valence-electron chi connectivity index (χ2n) is 6.01. The van der Waals surface area contributed by atoms with Crippen LogP contribution in [0.25, 0.3) is 0 Å². The third-order valence-corrected chi connectivity index (χ3v) is 5.05. The van der Waals surface area contributed by atoms with Crippen LogP contribution in [0.15, 0.2) is 41.3 Å². The third kappa shape index (κ3) is 6.33. The van der Waals surface area contributed by atoms with E-state index in [1.54, 1.807) is 0 Å². The number of benzene rings is 1. The standard InChI is InChI=1S/C19H18F2N4O4S.C2H6/c1-10(30-2)12-7-13(20)15(29-19-24-5-6-27-19)8-14(12)28-18(26)25-9-11-3-4-23-17(22)16(11)21;1-2/h3-8,10H,9H2,1-2H3,(H2,22,23)(H,25,26);1-2H3. The fraction of sp³-hybridized carbons (Fsp3) is 0.286. The maximum Gasteiger partial charge on any atom is 0.412 e. The number of thioether (sulfide) groups is 1. The SMILES string of the molecule is CC.CSC(C)c1cc(F)c(Oc2ncco2)cc1OC(=O)NCc1ccnc(N)c1F. The number of carbonyl (C=O) groups is 1. The number of hydrogen-bond donors (Lipinski definition) is 2. The average Bonchev–Trinajstić information content (AvgIpc) is 3.31. The predicted octanol–water partition coefficient (Wildman–Crippen LogP) is 5.46. The molecule has 0 fully saturated rings. The first kappa shape index (κ1) is 24.9. The van der Waals surface area contributed by atoms with E-state index in [0.717, 1.165) is 0 Å². The second kappa shape index (κ2) is 11.9. The Kier molecular flexibility index (Phi) is 9.26. The Morgan fingerprint density at radius 1 is 1.25 bits per heavy atom. The van der Waals surface area contributed by atoms with E-state index in [2.05, 4.69) is 15.3 Å². The number of nitrogen functional groups attached to an aromatic ring is 1. The number of nitrogens with two attached hydrogens (primary N) is 1. The van der Waals surface area contributed by atoms with Gasteiger partial charge in [0.1, 0.15) is 12.0 Å². The number of amides is 1. The summed E-state index contributed by atoms with van der Waals surface area (Å²) >= 11 is 1.43. The lowest BCUT2D eigenvalue weighted by molar-refractivity contribution is 0.199. The molecule has 3 rings (SSSR count). The number of nitrogens with zero attached hydrogens (tertiary/aromatic N) is 2. The van der Waals surface area contributed by atoms with Crippen LogP contribution in [-0.2, 0) is 6.54 Å². The van der Waals surface area contributed by atoms with Crippen molar-refractivity contribution in [1.29, 1.82) is 0 Å². The zero-order chi connectivity index (χ0) is 23.7. The molecule has 1 amide bonds. The van der Waals surface area contributed by atoms with Gasteiger partial charge in [0.15, 0.2) is 23.2 Å². The highest BCUT2D eigenvalue weighted by molar-refractivity contribution is 7.98. The Morgan fingerprint density at radius 2 is 2.00 bits per heavy atom. The predicted molar refractivity (Wildman–Crippen MR) is 118 cm³/mol. The van der Waals surface area contributed by atoms with Gasteiger partial charge in [-0.2, -0.15) is 16.7 Å². The van der Waals surface area contributed by atoms with Gasteiger partial charge in [-0.15, -0.1) is 0 Å². The van der Waals surface area contributed by atoms with Crippen molar-refractivity contribution in [3.05, 3.63) is 59.6 Å². The maximum absolute atomic E-state index is 14.5. The number of pyridine rings is 1. The van der Waals surface area contributed by atoms with Crippen LogP contribution in [0.2, 0.25) is 0 Å². The number of aromatic nitrogens is 2. The van der Waals surface area contributed by atoms with E-state index in [0.29, 0.717) is 5.56 Å². The molecule has 2 aromatic heterocycles. The molecule has 1 atom stereocenters. The zero-order valence-electron chi connectivity index (χ0n) is 18.0. The van der Waals surface area contributed by atoms with Gasteiger partial charge in [0.2, 0.25) is 0 Å². The first-order valence-electron chi connectivity index (χ1n) is 9.67. The molecule has 2 heterocycles. The van der Waals surface area contributed by atoms with Crippen molar-refractivity contribution in [2.75, 3.05) is 12.0 Å². The van der Waals surface area contributed by atoms with Gasteiger partial charge in [0.25, 0.3) is 0 Å². The molecule has 0 saturated carbocycles. The van der Waals surface area contributed by atoms with Gasteiger partial charge in [-0.1, -0.05) is 13.8 Å². The van der Waals surface area contributed by atoms with Crippen LogP contribution in [0.3, 0.4) is 0 Å². The smallest absolute Gasteiger partial charge is 0.412 e. The molecule has 0 aliphatic carbocycles. The molecule has 1 aromatic carbocycles. The van der Waals surface area contributed by atoms with Crippen molar-refractivity contribution < 1.29 is 27.5 Å². The number of nitrogens with one attached hydrogen (secondary N) is 1. The van der Waals surface area contributed by atoms with E-state index in [9.17, 15) is 13.6 Å². The number of carbonyl (C=O) groups excluding carboxylic acids is 1. The van der Waals surface area contributed by atoms with E-state index in [-0.39, 0.29) is 40.8 Å². The highest BCUT2D eigenvalue weighted by Gasteiger charge is 2.20. The quantitative estimate of drug-likeness (QED) is 0.472. The van der Waals surface area contributed by atoms with Crippen molar-refractivity contribution in [3.63, 3.8) is 0 Å². The van der Waals surface area contributed by atoms with Crippen molar-refractivity contribution in [1.82, 2.24) is 15.3 Å². The van der Waals surface area contributed by atoms with E-state index in [1.807, 2.05) is 27.0 Å². The number of oxazole rings is 1. The van der Waals surface area contributed by atoms with Gasteiger partial charge in [0.05, 0.1) is 6.20 Å². The Labute approximate surface area is 188 Å². The van der Waals surface area contributed by atoms with Gasteiger partial charge in [0, 0.05) is 35.2 Å². The third-order valence-electron chi connectivity index (χ3n) is 4.08. The molecule has 0 aliphatic heterocycles. The molecular formula is C21H24F2N4O4S. The van der Waals surface area contributed by atoms with Crippen LogP contribution in [0.1, 0.15) is 37.1 Å².